The molecule has 0 amide bonds. The first-order valence-corrected chi connectivity index (χ1v) is 6.58. The highest BCUT2D eigenvalue weighted by atomic mass is 79.9. The molecular formula is C12H15BrClNO2. The van der Waals surface area contributed by atoms with Crippen molar-refractivity contribution in [1.82, 2.24) is 4.90 Å². The molecule has 3 nitrogen and oxygen atoms in total. The van der Waals surface area contributed by atoms with Crippen molar-refractivity contribution in [2.24, 2.45) is 0 Å². The van der Waals surface area contributed by atoms with E-state index in [0.717, 1.165) is 23.0 Å². The summed E-state index contributed by atoms with van der Waals surface area (Å²) in [6, 6.07) is 5.65. The Morgan fingerprint density at radius 3 is 2.76 bits per heavy atom. The van der Waals surface area contributed by atoms with E-state index in [1.165, 1.54) is 0 Å². The van der Waals surface area contributed by atoms with E-state index in [9.17, 15) is 4.79 Å². The normalized spacial score (nSPS) is 10.8. The summed E-state index contributed by atoms with van der Waals surface area (Å²) in [6.07, 6.45) is 0.933. The third-order valence-electron chi connectivity index (χ3n) is 2.29. The number of aliphatic carboxylic acids is 1. The van der Waals surface area contributed by atoms with Crippen molar-refractivity contribution < 1.29 is 9.90 Å². The summed E-state index contributed by atoms with van der Waals surface area (Å²) in [5.74, 6) is -0.800. The van der Waals surface area contributed by atoms with Crippen LogP contribution >= 0.6 is 27.5 Å². The molecule has 0 spiro atoms. The third kappa shape index (κ3) is 5.06. The summed E-state index contributed by atoms with van der Waals surface area (Å²) in [5, 5.41) is 9.48. The molecule has 0 saturated carbocycles. The molecule has 94 valence electrons. The summed E-state index contributed by atoms with van der Waals surface area (Å²) < 4.78 is 0.837. The lowest BCUT2D eigenvalue weighted by Gasteiger charge is -2.19. The molecule has 0 atom stereocenters. The quantitative estimate of drug-likeness (QED) is 0.873. The maximum absolute atomic E-state index is 10.7. The molecule has 0 unspecified atom stereocenters. The number of nitrogens with zero attached hydrogens (tertiary/aromatic N) is 1. The van der Waals surface area contributed by atoms with Gasteiger partial charge in [-0.15, -0.1) is 0 Å². The van der Waals surface area contributed by atoms with Gasteiger partial charge in [0.2, 0.25) is 0 Å². The van der Waals surface area contributed by atoms with Crippen LogP contribution in [0.15, 0.2) is 22.7 Å². The average molecular weight is 321 g/mol. The van der Waals surface area contributed by atoms with Crippen molar-refractivity contribution >= 4 is 33.5 Å². The van der Waals surface area contributed by atoms with Gasteiger partial charge in [-0.2, -0.15) is 0 Å². The highest BCUT2D eigenvalue weighted by Crippen LogP contribution is 2.23. The standard InChI is InChI=1S/C12H15BrClNO2/c1-2-5-15(8-12(16)17)7-9-3-4-11(14)10(13)6-9/h3-4,6H,2,5,7-8H2,1H3,(H,16,17). The molecule has 0 heterocycles. The average Bonchev–Trinajstić information content (AvgIpc) is 2.23. The minimum Gasteiger partial charge on any atom is -0.480 e. The second kappa shape index (κ2) is 6.99. The Morgan fingerprint density at radius 2 is 2.24 bits per heavy atom. The Hall–Kier alpha value is -0.580. The summed E-state index contributed by atoms with van der Waals surface area (Å²) in [4.78, 5) is 12.6. The molecule has 1 N–H and O–H groups in total. The van der Waals surface area contributed by atoms with Crippen LogP contribution in [0.2, 0.25) is 5.02 Å². The molecule has 0 bridgehead atoms. The minimum absolute atomic E-state index is 0.0636. The number of rotatable bonds is 6. The predicted octanol–water partition coefficient (Wildman–Crippen LogP) is 3.40. The van der Waals surface area contributed by atoms with Gasteiger partial charge in [0, 0.05) is 11.0 Å². The van der Waals surface area contributed by atoms with Gasteiger partial charge in [0.05, 0.1) is 11.6 Å². The van der Waals surface area contributed by atoms with E-state index >= 15 is 0 Å². The molecule has 0 fully saturated rings. The molecule has 0 aliphatic heterocycles. The first-order valence-electron chi connectivity index (χ1n) is 5.41. The van der Waals surface area contributed by atoms with Gasteiger partial charge < -0.3 is 5.11 Å². The zero-order valence-electron chi connectivity index (χ0n) is 9.62. The van der Waals surface area contributed by atoms with Gasteiger partial charge in [0.25, 0.3) is 0 Å². The van der Waals surface area contributed by atoms with Gasteiger partial charge >= 0.3 is 5.97 Å². The van der Waals surface area contributed by atoms with Crippen LogP contribution in [0.5, 0.6) is 0 Å². The molecule has 1 aromatic rings. The van der Waals surface area contributed by atoms with Crippen LogP contribution in [-0.2, 0) is 11.3 Å². The van der Waals surface area contributed by atoms with Crippen molar-refractivity contribution in [2.45, 2.75) is 19.9 Å². The number of carbonyl (C=O) groups is 1. The Kier molecular flexibility index (Phi) is 5.95. The maximum Gasteiger partial charge on any atom is 0.317 e. The lowest BCUT2D eigenvalue weighted by atomic mass is 10.2. The Morgan fingerprint density at radius 1 is 1.53 bits per heavy atom. The van der Waals surface area contributed by atoms with Crippen LogP contribution in [0.4, 0.5) is 0 Å². The van der Waals surface area contributed by atoms with Crippen molar-refractivity contribution in [2.75, 3.05) is 13.1 Å². The van der Waals surface area contributed by atoms with Crippen molar-refractivity contribution in [1.29, 1.82) is 0 Å². The van der Waals surface area contributed by atoms with E-state index in [-0.39, 0.29) is 6.54 Å². The van der Waals surface area contributed by atoms with Crippen LogP contribution in [0.3, 0.4) is 0 Å². The molecule has 0 aliphatic carbocycles. The maximum atomic E-state index is 10.7. The van der Waals surface area contributed by atoms with Gasteiger partial charge in [-0.3, -0.25) is 9.69 Å². The summed E-state index contributed by atoms with van der Waals surface area (Å²) in [7, 11) is 0. The van der Waals surface area contributed by atoms with E-state index < -0.39 is 5.97 Å². The molecule has 0 aromatic heterocycles. The highest BCUT2D eigenvalue weighted by molar-refractivity contribution is 9.10. The van der Waals surface area contributed by atoms with E-state index in [1.54, 1.807) is 0 Å². The first kappa shape index (κ1) is 14.5. The summed E-state index contributed by atoms with van der Waals surface area (Å²) in [5.41, 5.74) is 1.05. The van der Waals surface area contributed by atoms with Crippen LogP contribution in [-0.4, -0.2) is 29.1 Å². The molecule has 0 radical (unpaired) electrons. The molecule has 17 heavy (non-hydrogen) atoms. The molecule has 5 heteroatoms. The lowest BCUT2D eigenvalue weighted by Crippen LogP contribution is -2.30. The topological polar surface area (TPSA) is 40.5 Å². The van der Waals surface area contributed by atoms with E-state index in [0.29, 0.717) is 11.6 Å². The molecule has 0 aliphatic rings. The minimum atomic E-state index is -0.800. The number of hydrogen-bond donors (Lipinski definition) is 1. The van der Waals surface area contributed by atoms with Crippen LogP contribution in [0, 0.1) is 0 Å². The second-order valence-electron chi connectivity index (χ2n) is 3.85. The fourth-order valence-electron chi connectivity index (χ4n) is 1.62. The zero-order valence-corrected chi connectivity index (χ0v) is 12.0. The summed E-state index contributed by atoms with van der Waals surface area (Å²) in [6.45, 7) is 3.49. The van der Waals surface area contributed by atoms with Crippen molar-refractivity contribution in [3.63, 3.8) is 0 Å². The number of carboxylic acid groups (broad SMARTS) is 1. The second-order valence-corrected chi connectivity index (χ2v) is 5.11. The number of carboxylic acids is 1. The van der Waals surface area contributed by atoms with Gasteiger partial charge in [0.1, 0.15) is 0 Å². The Bertz CT molecular complexity index is 398. The summed E-state index contributed by atoms with van der Waals surface area (Å²) >= 11 is 9.27. The van der Waals surface area contributed by atoms with Crippen molar-refractivity contribution in [3.8, 4) is 0 Å². The van der Waals surface area contributed by atoms with Crippen LogP contribution in [0.25, 0.3) is 0 Å². The fourth-order valence-corrected chi connectivity index (χ4v) is 2.16. The molecular weight excluding hydrogens is 305 g/mol. The Labute approximate surface area is 115 Å². The van der Waals surface area contributed by atoms with Gasteiger partial charge in [-0.05, 0) is 46.6 Å². The zero-order chi connectivity index (χ0) is 12.8. The Balaban J connectivity index is 2.71. The number of halogens is 2. The number of benzene rings is 1. The molecule has 1 rings (SSSR count). The van der Waals surface area contributed by atoms with Crippen LogP contribution < -0.4 is 0 Å². The van der Waals surface area contributed by atoms with Crippen LogP contribution in [0.1, 0.15) is 18.9 Å². The van der Waals surface area contributed by atoms with E-state index in [4.69, 9.17) is 16.7 Å². The molecule has 0 saturated heterocycles. The monoisotopic (exact) mass is 319 g/mol. The van der Waals surface area contributed by atoms with Gasteiger partial charge in [-0.25, -0.2) is 0 Å². The number of hydrogen-bond acceptors (Lipinski definition) is 2. The highest BCUT2D eigenvalue weighted by Gasteiger charge is 2.10. The lowest BCUT2D eigenvalue weighted by molar-refractivity contribution is -0.138. The van der Waals surface area contributed by atoms with Gasteiger partial charge in [-0.1, -0.05) is 24.6 Å². The smallest absolute Gasteiger partial charge is 0.317 e. The largest absolute Gasteiger partial charge is 0.480 e. The first-order chi connectivity index (χ1) is 8.02. The predicted molar refractivity (Wildman–Crippen MR) is 72.4 cm³/mol. The third-order valence-corrected chi connectivity index (χ3v) is 3.50. The SMILES string of the molecule is CCCN(CC(=O)O)Cc1ccc(Cl)c(Br)c1. The van der Waals surface area contributed by atoms with Gasteiger partial charge in [0.15, 0.2) is 0 Å². The van der Waals surface area contributed by atoms with E-state index in [1.807, 2.05) is 30.0 Å². The fraction of sp³-hybridized carbons (Fsp3) is 0.417. The van der Waals surface area contributed by atoms with Crippen molar-refractivity contribution in [3.05, 3.63) is 33.3 Å². The van der Waals surface area contributed by atoms with E-state index in [2.05, 4.69) is 15.9 Å². The molecule has 1 aromatic carbocycles.